The second kappa shape index (κ2) is 38.7. The Balaban J connectivity index is 4.05. The van der Waals surface area contributed by atoms with Crippen LogP contribution in [0.4, 0.5) is 0 Å². The van der Waals surface area contributed by atoms with Crippen LogP contribution in [0.5, 0.6) is 0 Å². The van der Waals surface area contributed by atoms with E-state index in [4.69, 9.17) is 24.3 Å². The van der Waals surface area contributed by atoms with Crippen molar-refractivity contribution in [1.82, 2.24) is 0 Å². The maximum Gasteiger partial charge on any atom is 0.472 e. The number of esters is 1. The van der Waals surface area contributed by atoms with Crippen LogP contribution in [-0.4, -0.2) is 49.9 Å². The molecule has 0 aromatic heterocycles. The summed E-state index contributed by atoms with van der Waals surface area (Å²) >= 11 is 0. The lowest BCUT2D eigenvalue weighted by Gasteiger charge is -2.20. The standard InChI is InChI=1S/C41H76NO7P/c1-3-5-7-9-11-13-15-16-17-18-19-20-21-22-23-25-27-29-31-33-36-46-38-40(39-48-50(44,45)47-37-35-42)49-41(43)34-32-30-28-26-24-14-12-10-8-6-4-2/h10-13,16-17,19-20,40H,3-9,14-15,18,21-39,42H2,1-2H3,(H,44,45)/b12-10-,13-11-,17-16-,20-19-. The van der Waals surface area contributed by atoms with Crippen LogP contribution in [0.2, 0.25) is 0 Å². The van der Waals surface area contributed by atoms with Crippen LogP contribution >= 0.6 is 7.82 Å². The smallest absolute Gasteiger partial charge is 0.457 e. The van der Waals surface area contributed by atoms with Crippen LogP contribution < -0.4 is 5.73 Å². The molecule has 0 aliphatic rings. The predicted octanol–water partition coefficient (Wildman–Crippen LogP) is 11.6. The molecule has 8 nitrogen and oxygen atoms in total. The van der Waals surface area contributed by atoms with Crippen molar-refractivity contribution in [3.63, 3.8) is 0 Å². The zero-order valence-corrected chi connectivity index (χ0v) is 33.0. The Morgan fingerprint density at radius 3 is 1.66 bits per heavy atom. The fraction of sp³-hybridized carbons (Fsp3) is 0.780. The topological polar surface area (TPSA) is 117 Å². The highest BCUT2D eigenvalue weighted by molar-refractivity contribution is 7.47. The molecule has 0 aromatic rings. The Labute approximate surface area is 307 Å². The van der Waals surface area contributed by atoms with E-state index in [0.717, 1.165) is 64.2 Å². The number of ether oxygens (including phenoxy) is 2. The number of hydrogen-bond donors (Lipinski definition) is 2. The van der Waals surface area contributed by atoms with E-state index in [2.05, 4.69) is 62.5 Å². The summed E-state index contributed by atoms with van der Waals surface area (Å²) in [5.41, 5.74) is 5.35. The van der Waals surface area contributed by atoms with Gasteiger partial charge in [0.1, 0.15) is 6.10 Å². The zero-order valence-electron chi connectivity index (χ0n) is 32.1. The second-order valence-electron chi connectivity index (χ2n) is 13.1. The molecule has 0 radical (unpaired) electrons. The molecular formula is C41H76NO7P. The highest BCUT2D eigenvalue weighted by atomic mass is 31.2. The molecule has 0 saturated carbocycles. The summed E-state index contributed by atoms with van der Waals surface area (Å²) in [4.78, 5) is 22.4. The number of hydrogen-bond acceptors (Lipinski definition) is 7. The van der Waals surface area contributed by atoms with Gasteiger partial charge in [0.2, 0.25) is 0 Å². The fourth-order valence-electron chi connectivity index (χ4n) is 5.22. The lowest BCUT2D eigenvalue weighted by molar-refractivity contribution is -0.154. The third-order valence-corrected chi connectivity index (χ3v) is 9.20. The maximum atomic E-state index is 12.5. The van der Waals surface area contributed by atoms with E-state index in [0.29, 0.717) is 13.0 Å². The van der Waals surface area contributed by atoms with E-state index in [1.54, 1.807) is 0 Å². The van der Waals surface area contributed by atoms with Gasteiger partial charge in [-0.3, -0.25) is 13.8 Å². The molecule has 0 aliphatic heterocycles. The van der Waals surface area contributed by atoms with Crippen molar-refractivity contribution in [3.8, 4) is 0 Å². The minimum Gasteiger partial charge on any atom is -0.457 e. The van der Waals surface area contributed by atoms with Gasteiger partial charge in [-0.05, 0) is 70.6 Å². The van der Waals surface area contributed by atoms with Gasteiger partial charge in [-0.2, -0.15) is 0 Å². The number of unbranched alkanes of at least 4 members (excludes halogenated alkanes) is 17. The van der Waals surface area contributed by atoms with Gasteiger partial charge in [0, 0.05) is 19.6 Å². The number of phosphoric acid groups is 1. The van der Waals surface area contributed by atoms with Crippen LogP contribution in [0.1, 0.15) is 168 Å². The summed E-state index contributed by atoms with van der Waals surface area (Å²) in [5.74, 6) is -0.347. The summed E-state index contributed by atoms with van der Waals surface area (Å²) in [6.07, 6.45) is 44.1. The first-order valence-electron chi connectivity index (χ1n) is 20.1. The normalized spacial score (nSPS) is 14.1. The van der Waals surface area contributed by atoms with Crippen molar-refractivity contribution in [2.45, 2.75) is 174 Å². The number of nitrogens with two attached hydrogens (primary N) is 1. The first kappa shape index (κ1) is 48.5. The Kier molecular flexibility index (Phi) is 37.5. The SMILES string of the molecule is CCCC/C=C\CCCCCCCC(=O)OC(COCCCCCCCCC/C=C\C/C=C\C/C=C\CCCCC)COP(=O)(O)OCCN. The average molecular weight is 726 g/mol. The third kappa shape index (κ3) is 37.7. The van der Waals surface area contributed by atoms with E-state index in [1.807, 2.05) is 0 Å². The molecule has 3 N–H and O–H groups in total. The van der Waals surface area contributed by atoms with Crippen LogP contribution in [-0.2, 0) is 27.9 Å². The number of phosphoric ester groups is 1. The fourth-order valence-corrected chi connectivity index (χ4v) is 5.98. The highest BCUT2D eigenvalue weighted by Crippen LogP contribution is 2.43. The van der Waals surface area contributed by atoms with Crippen molar-refractivity contribution in [3.05, 3.63) is 48.6 Å². The number of carbonyl (C=O) groups excluding carboxylic acids is 1. The van der Waals surface area contributed by atoms with Crippen molar-refractivity contribution in [2.75, 3.05) is 33.0 Å². The van der Waals surface area contributed by atoms with Gasteiger partial charge >= 0.3 is 13.8 Å². The molecule has 0 aromatic carbocycles. The molecule has 0 fully saturated rings. The van der Waals surface area contributed by atoms with E-state index < -0.39 is 13.9 Å². The molecule has 0 spiro atoms. The van der Waals surface area contributed by atoms with Crippen molar-refractivity contribution >= 4 is 13.8 Å². The van der Waals surface area contributed by atoms with Crippen molar-refractivity contribution in [1.29, 1.82) is 0 Å². The molecule has 0 saturated heterocycles. The molecule has 0 aliphatic carbocycles. The van der Waals surface area contributed by atoms with E-state index in [1.165, 1.54) is 83.5 Å². The minimum absolute atomic E-state index is 0.0956. The Morgan fingerprint density at radius 2 is 1.08 bits per heavy atom. The number of allylic oxidation sites excluding steroid dienone is 8. The molecule has 9 heteroatoms. The highest BCUT2D eigenvalue weighted by Gasteiger charge is 2.25. The molecule has 0 heterocycles. The van der Waals surface area contributed by atoms with E-state index in [9.17, 15) is 14.3 Å². The quantitative estimate of drug-likeness (QED) is 0.0279. The van der Waals surface area contributed by atoms with Gasteiger partial charge < -0.3 is 20.1 Å². The van der Waals surface area contributed by atoms with E-state index in [-0.39, 0.29) is 32.3 Å². The van der Waals surface area contributed by atoms with Gasteiger partial charge in [-0.25, -0.2) is 4.57 Å². The second-order valence-corrected chi connectivity index (χ2v) is 14.6. The molecule has 292 valence electrons. The first-order chi connectivity index (χ1) is 24.4. The molecule has 0 bridgehead atoms. The largest absolute Gasteiger partial charge is 0.472 e. The summed E-state index contributed by atoms with van der Waals surface area (Å²) in [6.45, 7) is 4.81. The lowest BCUT2D eigenvalue weighted by atomic mass is 10.1. The third-order valence-electron chi connectivity index (χ3n) is 8.22. The molecule has 0 rings (SSSR count). The van der Waals surface area contributed by atoms with Crippen LogP contribution in [0.25, 0.3) is 0 Å². The van der Waals surface area contributed by atoms with Gasteiger partial charge in [-0.1, -0.05) is 140 Å². The number of carbonyl (C=O) groups is 1. The Bertz CT molecular complexity index is 905. The van der Waals surface area contributed by atoms with Crippen molar-refractivity contribution < 1.29 is 32.8 Å². The van der Waals surface area contributed by atoms with Crippen molar-refractivity contribution in [2.24, 2.45) is 5.73 Å². The van der Waals surface area contributed by atoms with E-state index >= 15 is 0 Å². The predicted molar refractivity (Wildman–Crippen MR) is 210 cm³/mol. The van der Waals surface area contributed by atoms with Crippen LogP contribution in [0.3, 0.4) is 0 Å². The summed E-state index contributed by atoms with van der Waals surface area (Å²) < 4.78 is 33.3. The molecule has 2 unspecified atom stereocenters. The monoisotopic (exact) mass is 726 g/mol. The van der Waals surface area contributed by atoms with Crippen LogP contribution in [0.15, 0.2) is 48.6 Å². The van der Waals surface area contributed by atoms with Gasteiger partial charge in [-0.15, -0.1) is 0 Å². The van der Waals surface area contributed by atoms with Crippen LogP contribution in [0, 0.1) is 0 Å². The summed E-state index contributed by atoms with van der Waals surface area (Å²) in [7, 11) is -4.28. The Hall–Kier alpha value is -1.54. The molecule has 2 atom stereocenters. The number of rotatable bonds is 38. The van der Waals surface area contributed by atoms with Gasteiger partial charge in [0.05, 0.1) is 19.8 Å². The Morgan fingerprint density at radius 1 is 0.600 bits per heavy atom. The first-order valence-corrected chi connectivity index (χ1v) is 21.6. The molecule has 50 heavy (non-hydrogen) atoms. The van der Waals surface area contributed by atoms with Gasteiger partial charge in [0.15, 0.2) is 0 Å². The zero-order chi connectivity index (χ0) is 36.6. The molecule has 0 amide bonds. The average Bonchev–Trinajstić information content (AvgIpc) is 3.10. The maximum absolute atomic E-state index is 12.5. The van der Waals surface area contributed by atoms with Gasteiger partial charge in [0.25, 0.3) is 0 Å². The lowest BCUT2D eigenvalue weighted by Crippen LogP contribution is -2.28. The summed E-state index contributed by atoms with van der Waals surface area (Å²) in [5, 5.41) is 0. The minimum atomic E-state index is -4.28. The molecular weight excluding hydrogens is 649 g/mol. The summed E-state index contributed by atoms with van der Waals surface area (Å²) in [6, 6.07) is 0.